The van der Waals surface area contributed by atoms with E-state index in [0.29, 0.717) is 29.3 Å². The molecule has 0 unspecified atom stereocenters. The van der Waals surface area contributed by atoms with Crippen molar-refractivity contribution in [2.45, 2.75) is 37.5 Å². The number of fused-ring (bicyclic) bond motifs is 3. The van der Waals surface area contributed by atoms with Crippen molar-refractivity contribution in [3.63, 3.8) is 0 Å². The van der Waals surface area contributed by atoms with Gasteiger partial charge in [0.1, 0.15) is 5.82 Å². The highest BCUT2D eigenvalue weighted by molar-refractivity contribution is 5.89. The van der Waals surface area contributed by atoms with Gasteiger partial charge >= 0.3 is 0 Å². The average Bonchev–Trinajstić information content (AvgIpc) is 3.40. The Morgan fingerprint density at radius 2 is 1.02 bits per heavy atom. The molecule has 6 aromatic rings. The van der Waals surface area contributed by atoms with Gasteiger partial charge in [-0.3, -0.25) is 0 Å². The predicted octanol–water partition coefficient (Wildman–Crippen LogP) is 10.4. The van der Waals surface area contributed by atoms with E-state index in [-0.39, 0.29) is 11.2 Å². The summed E-state index contributed by atoms with van der Waals surface area (Å²) >= 11 is 0. The number of nitrogens with zero attached hydrogens (tertiary/aromatic N) is 3. The van der Waals surface area contributed by atoms with Gasteiger partial charge in [0.05, 0.1) is 0 Å². The molecule has 11 rings (SSSR count). The van der Waals surface area contributed by atoms with E-state index in [4.69, 9.17) is 15.0 Å². The normalized spacial score (nSPS) is 24.8. The van der Waals surface area contributed by atoms with Crippen LogP contribution in [0.2, 0.25) is 0 Å². The number of aromatic nitrogens is 3. The van der Waals surface area contributed by atoms with Gasteiger partial charge in [-0.05, 0) is 107 Å². The third-order valence-electron chi connectivity index (χ3n) is 11.8. The zero-order valence-electron chi connectivity index (χ0n) is 26.1. The maximum atomic E-state index is 15.1. The second-order valence-electron chi connectivity index (χ2n) is 14.2. The Balaban J connectivity index is 1.15. The molecule has 228 valence electrons. The second kappa shape index (κ2) is 10.3. The fourth-order valence-corrected chi connectivity index (χ4v) is 10.2. The predicted molar refractivity (Wildman–Crippen MR) is 185 cm³/mol. The third-order valence-corrected chi connectivity index (χ3v) is 11.8. The average molecular weight is 612 g/mol. The lowest BCUT2D eigenvalue weighted by atomic mass is 9.43. The second-order valence-corrected chi connectivity index (χ2v) is 14.2. The summed E-state index contributed by atoms with van der Waals surface area (Å²) in [5.74, 6) is 4.71. The molecule has 4 saturated carbocycles. The maximum absolute atomic E-state index is 15.1. The molecule has 0 amide bonds. The van der Waals surface area contributed by atoms with Crippen molar-refractivity contribution < 1.29 is 4.39 Å². The van der Waals surface area contributed by atoms with Crippen LogP contribution >= 0.6 is 0 Å². The Morgan fingerprint density at radius 3 is 1.66 bits per heavy atom. The lowest BCUT2D eigenvalue weighted by Gasteiger charge is -2.61. The summed E-state index contributed by atoms with van der Waals surface area (Å²) in [7, 11) is 0. The highest BCUT2D eigenvalue weighted by Gasteiger charge is 2.61. The van der Waals surface area contributed by atoms with Crippen LogP contribution in [-0.2, 0) is 5.41 Å². The van der Waals surface area contributed by atoms with Gasteiger partial charge in [0.2, 0.25) is 0 Å². The monoisotopic (exact) mass is 611 g/mol. The van der Waals surface area contributed by atoms with Crippen LogP contribution < -0.4 is 0 Å². The first-order valence-electron chi connectivity index (χ1n) is 17.1. The molecule has 0 saturated heterocycles. The lowest BCUT2D eigenvalue weighted by molar-refractivity contribution is -0.0400. The Bertz CT molecular complexity index is 2090. The molecule has 5 aliphatic carbocycles. The van der Waals surface area contributed by atoms with Crippen LogP contribution in [0.25, 0.3) is 56.4 Å². The van der Waals surface area contributed by atoms with E-state index >= 15 is 4.39 Å². The molecule has 5 aliphatic rings. The van der Waals surface area contributed by atoms with E-state index in [2.05, 4.69) is 42.5 Å². The minimum absolute atomic E-state index is 0.0678. The van der Waals surface area contributed by atoms with Gasteiger partial charge in [0.25, 0.3) is 0 Å². The number of rotatable bonds is 4. The lowest BCUT2D eigenvalue weighted by Crippen LogP contribution is -2.55. The number of hydrogen-bond acceptors (Lipinski definition) is 3. The van der Waals surface area contributed by atoms with Gasteiger partial charge in [0, 0.05) is 22.1 Å². The topological polar surface area (TPSA) is 38.7 Å². The smallest absolute Gasteiger partial charge is 0.164 e. The van der Waals surface area contributed by atoms with Gasteiger partial charge in [-0.2, -0.15) is 0 Å². The molecule has 4 bridgehead atoms. The largest absolute Gasteiger partial charge is 0.208 e. The Morgan fingerprint density at radius 1 is 0.447 bits per heavy atom. The van der Waals surface area contributed by atoms with E-state index in [1.165, 1.54) is 54.4 Å². The molecule has 0 atom stereocenters. The SMILES string of the molecule is Fc1ccc2c(c1)C1(c3ccc(-c4ccccc4-c4nc(-c5ccccc5)nc(-c5ccccc5)n4)cc3-2)C2CC3CC(C2)CC1C3. The quantitative estimate of drug-likeness (QED) is 0.199. The van der Waals surface area contributed by atoms with Crippen LogP contribution in [0, 0.1) is 29.5 Å². The van der Waals surface area contributed by atoms with Crippen molar-refractivity contribution in [1.82, 2.24) is 15.0 Å². The van der Waals surface area contributed by atoms with Gasteiger partial charge < -0.3 is 0 Å². The van der Waals surface area contributed by atoms with Crippen molar-refractivity contribution in [2.75, 3.05) is 0 Å². The molecule has 5 aromatic carbocycles. The zero-order valence-corrected chi connectivity index (χ0v) is 26.1. The third kappa shape index (κ3) is 4.07. The first-order chi connectivity index (χ1) is 23.1. The van der Waals surface area contributed by atoms with Crippen molar-refractivity contribution in [3.8, 4) is 56.4 Å². The molecule has 1 heterocycles. The summed E-state index contributed by atoms with van der Waals surface area (Å²) in [4.78, 5) is 15.0. The van der Waals surface area contributed by atoms with E-state index in [1.54, 1.807) is 6.07 Å². The highest BCUT2D eigenvalue weighted by atomic mass is 19.1. The van der Waals surface area contributed by atoms with Crippen molar-refractivity contribution in [3.05, 3.63) is 138 Å². The number of hydrogen-bond donors (Lipinski definition) is 0. The Hall–Kier alpha value is -4.96. The summed E-state index contributed by atoms with van der Waals surface area (Å²) < 4.78 is 15.1. The number of halogens is 1. The molecule has 0 N–H and O–H groups in total. The van der Waals surface area contributed by atoms with E-state index < -0.39 is 0 Å². The van der Waals surface area contributed by atoms with E-state index in [9.17, 15) is 0 Å². The van der Waals surface area contributed by atoms with E-state index in [0.717, 1.165) is 39.7 Å². The molecular weight excluding hydrogens is 577 g/mol. The van der Waals surface area contributed by atoms with Gasteiger partial charge in [-0.1, -0.05) is 103 Å². The van der Waals surface area contributed by atoms with Gasteiger partial charge in [0.15, 0.2) is 17.5 Å². The molecule has 1 aromatic heterocycles. The van der Waals surface area contributed by atoms with Gasteiger partial charge in [-0.15, -0.1) is 0 Å². The molecule has 4 heteroatoms. The summed E-state index contributed by atoms with van der Waals surface area (Å²) in [5, 5.41) is 0. The first kappa shape index (κ1) is 27.2. The van der Waals surface area contributed by atoms with E-state index in [1.807, 2.05) is 72.8 Å². The molecule has 3 nitrogen and oxygen atoms in total. The van der Waals surface area contributed by atoms with Crippen LogP contribution in [-0.4, -0.2) is 15.0 Å². The maximum Gasteiger partial charge on any atom is 0.164 e. The van der Waals surface area contributed by atoms with Crippen LogP contribution in [0.5, 0.6) is 0 Å². The van der Waals surface area contributed by atoms with Gasteiger partial charge in [-0.25, -0.2) is 19.3 Å². The van der Waals surface area contributed by atoms with Crippen LogP contribution in [0.15, 0.2) is 121 Å². The van der Waals surface area contributed by atoms with Crippen LogP contribution in [0.4, 0.5) is 4.39 Å². The molecule has 0 radical (unpaired) electrons. The fourth-order valence-electron chi connectivity index (χ4n) is 10.2. The molecular formula is C43H34FN3. The Kier molecular flexibility index (Phi) is 5.94. The van der Waals surface area contributed by atoms with Crippen LogP contribution in [0.1, 0.15) is 43.2 Å². The molecule has 1 spiro atoms. The minimum Gasteiger partial charge on any atom is -0.208 e. The summed E-state index contributed by atoms with van der Waals surface area (Å²) in [5.41, 5.74) is 10.1. The summed E-state index contributed by atoms with van der Waals surface area (Å²) in [6, 6.07) is 41.3. The highest BCUT2D eigenvalue weighted by Crippen LogP contribution is 2.69. The molecule has 4 fully saturated rings. The minimum atomic E-state index is -0.117. The molecule has 47 heavy (non-hydrogen) atoms. The van der Waals surface area contributed by atoms with Crippen LogP contribution in [0.3, 0.4) is 0 Å². The van der Waals surface area contributed by atoms with Crippen molar-refractivity contribution >= 4 is 0 Å². The summed E-state index contributed by atoms with van der Waals surface area (Å²) in [6.45, 7) is 0. The summed E-state index contributed by atoms with van der Waals surface area (Å²) in [6.07, 6.45) is 6.51. The van der Waals surface area contributed by atoms with Crippen molar-refractivity contribution in [1.29, 1.82) is 0 Å². The first-order valence-corrected chi connectivity index (χ1v) is 17.1. The zero-order chi connectivity index (χ0) is 31.1. The fraction of sp³-hybridized carbons (Fsp3) is 0.233. The molecule has 0 aliphatic heterocycles. The Labute approximate surface area is 274 Å². The van der Waals surface area contributed by atoms with Crippen molar-refractivity contribution in [2.24, 2.45) is 23.7 Å². The number of benzene rings is 5. The standard InChI is InChI=1S/C43H34FN3/c44-33-16-17-35-37-24-30(15-18-38(37)43(39(35)25-33)31-20-26-19-27(22-31)23-32(43)21-26)34-13-7-8-14-36(34)42-46-40(28-9-3-1-4-10-28)45-41(47-42)29-11-5-2-6-12-29/h1-18,24-27,31-32H,19-23H2.